The molecule has 1 aliphatic rings. The van der Waals surface area contributed by atoms with E-state index in [0.717, 1.165) is 17.9 Å². The first kappa shape index (κ1) is 13.1. The summed E-state index contributed by atoms with van der Waals surface area (Å²) < 4.78 is 0. The molecule has 0 heterocycles. The van der Waals surface area contributed by atoms with Crippen molar-refractivity contribution in [3.05, 3.63) is 35.4 Å². The minimum Gasteiger partial charge on any atom is -0.411 e. The van der Waals surface area contributed by atoms with Crippen LogP contribution in [0.5, 0.6) is 0 Å². The summed E-state index contributed by atoms with van der Waals surface area (Å²) in [5.41, 5.74) is 3.08. The number of benzene rings is 1. The summed E-state index contributed by atoms with van der Waals surface area (Å²) >= 11 is 0. The number of aryl methyl sites for hydroxylation is 1. The van der Waals surface area contributed by atoms with E-state index >= 15 is 0 Å². The SMILES string of the molecule is CC(=NO)c1cccc(CCC2CCCCC2)c1. The van der Waals surface area contributed by atoms with E-state index in [0.29, 0.717) is 5.71 Å². The van der Waals surface area contributed by atoms with Crippen molar-refractivity contribution in [3.63, 3.8) is 0 Å². The van der Waals surface area contributed by atoms with E-state index in [1.54, 1.807) is 0 Å². The third-order valence-electron chi connectivity index (χ3n) is 4.06. The van der Waals surface area contributed by atoms with Crippen LogP contribution in [-0.4, -0.2) is 10.9 Å². The van der Waals surface area contributed by atoms with Crippen molar-refractivity contribution in [2.45, 2.75) is 51.9 Å². The van der Waals surface area contributed by atoms with E-state index < -0.39 is 0 Å². The second-order valence-electron chi connectivity index (χ2n) is 5.43. The first-order valence-electron chi connectivity index (χ1n) is 7.07. The fourth-order valence-corrected chi connectivity index (χ4v) is 2.86. The molecule has 2 nitrogen and oxygen atoms in total. The van der Waals surface area contributed by atoms with Crippen molar-refractivity contribution >= 4 is 5.71 Å². The fraction of sp³-hybridized carbons (Fsp3) is 0.562. The lowest BCUT2D eigenvalue weighted by Gasteiger charge is -2.21. The molecule has 18 heavy (non-hydrogen) atoms. The van der Waals surface area contributed by atoms with Gasteiger partial charge in [0.05, 0.1) is 5.71 Å². The Labute approximate surface area is 110 Å². The number of oxime groups is 1. The lowest BCUT2D eigenvalue weighted by Crippen LogP contribution is -2.07. The Morgan fingerprint density at radius 3 is 2.78 bits per heavy atom. The lowest BCUT2D eigenvalue weighted by molar-refractivity contribution is 0.319. The molecule has 0 unspecified atom stereocenters. The molecule has 0 aromatic heterocycles. The zero-order valence-electron chi connectivity index (χ0n) is 11.2. The number of hydrogen-bond acceptors (Lipinski definition) is 2. The second-order valence-corrected chi connectivity index (χ2v) is 5.43. The lowest BCUT2D eigenvalue weighted by atomic mass is 9.85. The van der Waals surface area contributed by atoms with Gasteiger partial charge < -0.3 is 5.21 Å². The van der Waals surface area contributed by atoms with E-state index in [1.165, 1.54) is 44.1 Å². The monoisotopic (exact) mass is 245 g/mol. The van der Waals surface area contributed by atoms with Crippen molar-refractivity contribution in [2.75, 3.05) is 0 Å². The molecule has 0 radical (unpaired) electrons. The van der Waals surface area contributed by atoms with E-state index in [-0.39, 0.29) is 0 Å². The van der Waals surface area contributed by atoms with Crippen LogP contribution in [0.3, 0.4) is 0 Å². The van der Waals surface area contributed by atoms with Gasteiger partial charge in [-0.2, -0.15) is 0 Å². The van der Waals surface area contributed by atoms with Crippen LogP contribution in [0.15, 0.2) is 29.4 Å². The Morgan fingerprint density at radius 1 is 1.28 bits per heavy atom. The average Bonchev–Trinajstić information content (AvgIpc) is 2.45. The summed E-state index contributed by atoms with van der Waals surface area (Å²) in [5.74, 6) is 0.926. The molecule has 1 saturated carbocycles. The summed E-state index contributed by atoms with van der Waals surface area (Å²) in [5, 5.41) is 12.1. The molecule has 1 aromatic carbocycles. The quantitative estimate of drug-likeness (QED) is 0.476. The minimum absolute atomic E-state index is 0.689. The standard InChI is InChI=1S/C16H23NO/c1-13(17-18)16-9-5-8-15(12-16)11-10-14-6-3-2-4-7-14/h5,8-9,12,14,18H,2-4,6-7,10-11H2,1H3. The molecular formula is C16H23NO. The van der Waals surface area contributed by atoms with Gasteiger partial charge >= 0.3 is 0 Å². The van der Waals surface area contributed by atoms with Crippen LogP contribution in [0.25, 0.3) is 0 Å². The maximum atomic E-state index is 8.80. The molecule has 0 spiro atoms. The van der Waals surface area contributed by atoms with Crippen molar-refractivity contribution < 1.29 is 5.21 Å². The third-order valence-corrected chi connectivity index (χ3v) is 4.06. The van der Waals surface area contributed by atoms with Gasteiger partial charge in [0.2, 0.25) is 0 Å². The first-order chi connectivity index (χ1) is 8.79. The van der Waals surface area contributed by atoms with E-state index in [2.05, 4.69) is 23.4 Å². The van der Waals surface area contributed by atoms with Crippen molar-refractivity contribution in [2.24, 2.45) is 11.1 Å². The molecule has 0 saturated heterocycles. The smallest absolute Gasteiger partial charge is 0.0837 e. The summed E-state index contributed by atoms with van der Waals surface area (Å²) in [4.78, 5) is 0. The van der Waals surface area contributed by atoms with Gasteiger partial charge in [-0.25, -0.2) is 0 Å². The molecule has 0 amide bonds. The van der Waals surface area contributed by atoms with Gasteiger partial charge in [0.15, 0.2) is 0 Å². The van der Waals surface area contributed by atoms with Gasteiger partial charge in [-0.15, -0.1) is 0 Å². The highest BCUT2D eigenvalue weighted by Crippen LogP contribution is 2.27. The summed E-state index contributed by atoms with van der Waals surface area (Å²) in [6.45, 7) is 1.83. The van der Waals surface area contributed by atoms with Gasteiger partial charge in [-0.05, 0) is 42.9 Å². The maximum absolute atomic E-state index is 8.80. The Kier molecular flexibility index (Phi) is 4.80. The number of rotatable bonds is 4. The zero-order chi connectivity index (χ0) is 12.8. The van der Waals surface area contributed by atoms with Crippen LogP contribution in [0.4, 0.5) is 0 Å². The van der Waals surface area contributed by atoms with Crippen LogP contribution in [0.1, 0.15) is 56.6 Å². The Balaban J connectivity index is 1.92. The molecule has 1 aromatic rings. The predicted molar refractivity (Wildman–Crippen MR) is 75.3 cm³/mol. The van der Waals surface area contributed by atoms with Gasteiger partial charge in [0.1, 0.15) is 0 Å². The highest BCUT2D eigenvalue weighted by molar-refractivity contribution is 5.98. The Bertz CT molecular complexity index is 405. The predicted octanol–water partition coefficient (Wildman–Crippen LogP) is 4.40. The van der Waals surface area contributed by atoms with Crippen molar-refractivity contribution in [1.82, 2.24) is 0 Å². The Morgan fingerprint density at radius 2 is 2.06 bits per heavy atom. The van der Waals surface area contributed by atoms with E-state index in [4.69, 9.17) is 5.21 Å². The molecule has 2 heteroatoms. The van der Waals surface area contributed by atoms with Gasteiger partial charge in [-0.3, -0.25) is 0 Å². The fourth-order valence-electron chi connectivity index (χ4n) is 2.86. The van der Waals surface area contributed by atoms with Gasteiger partial charge in [-0.1, -0.05) is 55.5 Å². The zero-order valence-corrected chi connectivity index (χ0v) is 11.2. The summed E-state index contributed by atoms with van der Waals surface area (Å²) in [6.07, 6.45) is 9.55. The van der Waals surface area contributed by atoms with Crippen LogP contribution in [0, 0.1) is 5.92 Å². The molecule has 0 bridgehead atoms. The van der Waals surface area contributed by atoms with Gasteiger partial charge in [0.25, 0.3) is 0 Å². The van der Waals surface area contributed by atoms with E-state index in [1.807, 2.05) is 13.0 Å². The van der Waals surface area contributed by atoms with Crippen LogP contribution in [-0.2, 0) is 6.42 Å². The normalized spacial score (nSPS) is 17.9. The topological polar surface area (TPSA) is 32.6 Å². The maximum Gasteiger partial charge on any atom is 0.0837 e. The molecule has 1 aliphatic carbocycles. The molecule has 0 aliphatic heterocycles. The molecular weight excluding hydrogens is 222 g/mol. The largest absolute Gasteiger partial charge is 0.411 e. The molecule has 2 rings (SSSR count). The minimum atomic E-state index is 0.689. The van der Waals surface area contributed by atoms with Crippen molar-refractivity contribution in [3.8, 4) is 0 Å². The highest BCUT2D eigenvalue weighted by Gasteiger charge is 2.13. The molecule has 1 N–H and O–H groups in total. The summed E-state index contributed by atoms with van der Waals surface area (Å²) in [6, 6.07) is 8.38. The molecule has 0 atom stereocenters. The van der Waals surface area contributed by atoms with Gasteiger partial charge in [0, 0.05) is 0 Å². The van der Waals surface area contributed by atoms with Crippen LogP contribution >= 0.6 is 0 Å². The number of hydrogen-bond donors (Lipinski definition) is 1. The van der Waals surface area contributed by atoms with E-state index in [9.17, 15) is 0 Å². The van der Waals surface area contributed by atoms with Crippen LogP contribution < -0.4 is 0 Å². The molecule has 1 fully saturated rings. The third kappa shape index (κ3) is 3.59. The second kappa shape index (κ2) is 6.58. The highest BCUT2D eigenvalue weighted by atomic mass is 16.4. The average molecular weight is 245 g/mol. The molecule has 98 valence electrons. The summed E-state index contributed by atoms with van der Waals surface area (Å²) in [7, 11) is 0. The van der Waals surface area contributed by atoms with Crippen LogP contribution in [0.2, 0.25) is 0 Å². The Hall–Kier alpha value is -1.31. The number of nitrogens with zero attached hydrogens (tertiary/aromatic N) is 1. The van der Waals surface area contributed by atoms with Crippen molar-refractivity contribution in [1.29, 1.82) is 0 Å². The first-order valence-corrected chi connectivity index (χ1v) is 7.07.